The lowest BCUT2D eigenvalue weighted by Crippen LogP contribution is -2.37. The van der Waals surface area contributed by atoms with Gasteiger partial charge >= 0.3 is 6.18 Å². The molecule has 0 amide bonds. The van der Waals surface area contributed by atoms with Crippen LogP contribution in [0.1, 0.15) is 11.1 Å². The van der Waals surface area contributed by atoms with Crippen molar-refractivity contribution in [1.82, 2.24) is 4.98 Å². The van der Waals surface area contributed by atoms with Crippen LogP contribution >= 0.6 is 0 Å². The maximum absolute atomic E-state index is 14.1. The van der Waals surface area contributed by atoms with Gasteiger partial charge in [0.05, 0.1) is 35.5 Å². The zero-order valence-electron chi connectivity index (χ0n) is 15.1. The summed E-state index contributed by atoms with van der Waals surface area (Å²) < 4.78 is 60.2. The number of anilines is 1. The van der Waals surface area contributed by atoms with E-state index < -0.39 is 17.6 Å². The Morgan fingerprint density at radius 1 is 1.14 bits per heavy atom. The highest BCUT2D eigenvalue weighted by atomic mass is 19.4. The van der Waals surface area contributed by atoms with Gasteiger partial charge in [0, 0.05) is 30.4 Å². The molecule has 1 saturated heterocycles. The second kappa shape index (κ2) is 7.40. The molecule has 0 atom stereocenters. The number of aromatic hydroxyl groups is 1. The third-order valence-electron chi connectivity index (χ3n) is 4.77. The molecule has 1 aliphatic rings. The van der Waals surface area contributed by atoms with E-state index in [1.807, 2.05) is 0 Å². The molecule has 3 aromatic rings. The molecule has 2 heterocycles. The first-order valence-corrected chi connectivity index (χ1v) is 8.92. The Morgan fingerprint density at radius 2 is 1.90 bits per heavy atom. The fraction of sp³-hybridized carbons (Fsp3) is 0.250. The highest BCUT2D eigenvalue weighted by Gasteiger charge is 2.35. The zero-order valence-corrected chi connectivity index (χ0v) is 15.1. The Bertz CT molecular complexity index is 1070. The van der Waals surface area contributed by atoms with Gasteiger partial charge in [0.2, 0.25) is 0 Å². The molecule has 0 saturated carbocycles. The number of halogens is 4. The van der Waals surface area contributed by atoms with E-state index in [1.54, 1.807) is 11.0 Å². The number of aliphatic imine (C=N–C) groups is 1. The summed E-state index contributed by atoms with van der Waals surface area (Å²) in [5.74, 6) is -0.881. The van der Waals surface area contributed by atoms with Gasteiger partial charge in [-0.15, -0.1) is 0 Å². The van der Waals surface area contributed by atoms with Crippen LogP contribution < -0.4 is 4.90 Å². The molecule has 1 fully saturated rings. The first-order chi connectivity index (χ1) is 13.8. The van der Waals surface area contributed by atoms with Crippen molar-refractivity contribution in [2.24, 2.45) is 4.99 Å². The predicted octanol–water partition coefficient (Wildman–Crippen LogP) is 4.62. The van der Waals surface area contributed by atoms with Gasteiger partial charge in [-0.1, -0.05) is 6.07 Å². The number of fused-ring (bicyclic) bond motifs is 1. The quantitative estimate of drug-likeness (QED) is 0.492. The highest BCUT2D eigenvalue weighted by molar-refractivity contribution is 6.02. The summed E-state index contributed by atoms with van der Waals surface area (Å²) in [5, 5.41) is 10.1. The lowest BCUT2D eigenvalue weighted by molar-refractivity contribution is -0.137. The smallest absolute Gasteiger partial charge is 0.418 e. The fourth-order valence-electron chi connectivity index (χ4n) is 3.39. The zero-order chi connectivity index (χ0) is 20.6. The van der Waals surface area contributed by atoms with Gasteiger partial charge in [0.1, 0.15) is 5.82 Å². The predicted molar refractivity (Wildman–Crippen MR) is 102 cm³/mol. The van der Waals surface area contributed by atoms with E-state index in [-0.39, 0.29) is 28.2 Å². The molecule has 0 unspecified atom stereocenters. The molecule has 0 radical (unpaired) electrons. The van der Waals surface area contributed by atoms with Crippen LogP contribution in [0.25, 0.3) is 10.9 Å². The van der Waals surface area contributed by atoms with Gasteiger partial charge in [-0.05, 0) is 30.3 Å². The Balaban J connectivity index is 1.72. The van der Waals surface area contributed by atoms with E-state index >= 15 is 0 Å². The van der Waals surface area contributed by atoms with Gasteiger partial charge in [-0.3, -0.25) is 4.99 Å². The van der Waals surface area contributed by atoms with E-state index in [1.165, 1.54) is 24.3 Å². The van der Waals surface area contributed by atoms with Crippen molar-refractivity contribution < 1.29 is 27.4 Å². The molecule has 0 aliphatic carbocycles. The van der Waals surface area contributed by atoms with E-state index in [4.69, 9.17) is 4.74 Å². The third kappa shape index (κ3) is 3.77. The minimum atomic E-state index is -4.56. The molecular weight excluding hydrogens is 390 g/mol. The normalized spacial score (nSPS) is 15.5. The van der Waals surface area contributed by atoms with Crippen LogP contribution in [0.3, 0.4) is 0 Å². The number of nitrogens with one attached hydrogen (secondary N) is 1. The van der Waals surface area contributed by atoms with Crippen molar-refractivity contribution in [1.29, 1.82) is 0 Å². The molecular formula is C20H17F4N3O2. The van der Waals surface area contributed by atoms with E-state index in [2.05, 4.69) is 9.98 Å². The van der Waals surface area contributed by atoms with Crippen molar-refractivity contribution >= 4 is 28.5 Å². The number of ether oxygens (including phenoxy) is 1. The molecule has 0 spiro atoms. The standard InChI is InChI=1S/C20H17F4N3O2/c21-15-2-1-3-16-18(15)13(19(28)26-16)11-25-12-4-5-17(14(10-12)20(22,23)24)27-6-8-29-9-7-27/h1-5,10-11,26,28H,6-9H2. The van der Waals surface area contributed by atoms with Crippen molar-refractivity contribution in [2.75, 3.05) is 31.2 Å². The Kier molecular flexibility index (Phi) is 4.91. The van der Waals surface area contributed by atoms with Crippen LogP contribution in [0.15, 0.2) is 41.4 Å². The first kappa shape index (κ1) is 19.3. The van der Waals surface area contributed by atoms with Crippen molar-refractivity contribution in [3.05, 3.63) is 53.3 Å². The molecule has 1 aromatic heterocycles. The number of rotatable bonds is 3. The fourth-order valence-corrected chi connectivity index (χ4v) is 3.39. The number of hydrogen-bond donors (Lipinski definition) is 2. The second-order valence-corrected chi connectivity index (χ2v) is 6.61. The van der Waals surface area contributed by atoms with Crippen LogP contribution in [0.2, 0.25) is 0 Å². The van der Waals surface area contributed by atoms with Crippen LogP contribution in [0.5, 0.6) is 5.88 Å². The summed E-state index contributed by atoms with van der Waals surface area (Å²) >= 11 is 0. The van der Waals surface area contributed by atoms with Crippen molar-refractivity contribution in [3.63, 3.8) is 0 Å². The van der Waals surface area contributed by atoms with Crippen LogP contribution in [0, 0.1) is 5.82 Å². The second-order valence-electron chi connectivity index (χ2n) is 6.61. The average Bonchev–Trinajstić information content (AvgIpc) is 3.02. The minimum Gasteiger partial charge on any atom is -0.494 e. The average molecular weight is 407 g/mol. The number of benzene rings is 2. The lowest BCUT2D eigenvalue weighted by atomic mass is 10.1. The number of aromatic amines is 1. The number of aromatic nitrogens is 1. The van der Waals surface area contributed by atoms with Crippen LogP contribution in [-0.4, -0.2) is 42.6 Å². The van der Waals surface area contributed by atoms with Gasteiger partial charge in [-0.2, -0.15) is 13.2 Å². The summed E-state index contributed by atoms with van der Waals surface area (Å²) in [6.45, 7) is 1.47. The number of hydrogen-bond acceptors (Lipinski definition) is 4. The molecule has 2 aromatic carbocycles. The monoisotopic (exact) mass is 407 g/mol. The Hall–Kier alpha value is -3.07. The minimum absolute atomic E-state index is 0.0411. The van der Waals surface area contributed by atoms with Gasteiger partial charge < -0.3 is 19.7 Å². The van der Waals surface area contributed by atoms with Crippen molar-refractivity contribution in [2.45, 2.75) is 6.18 Å². The molecule has 1 aliphatic heterocycles. The summed E-state index contributed by atoms with van der Waals surface area (Å²) in [7, 11) is 0. The number of nitrogens with zero attached hydrogens (tertiary/aromatic N) is 2. The first-order valence-electron chi connectivity index (χ1n) is 8.92. The molecule has 152 valence electrons. The van der Waals surface area contributed by atoms with E-state index in [0.29, 0.717) is 31.8 Å². The molecule has 0 bridgehead atoms. The molecule has 4 rings (SSSR count). The molecule has 9 heteroatoms. The maximum atomic E-state index is 14.1. The van der Waals surface area contributed by atoms with Gasteiger partial charge in [0.25, 0.3) is 0 Å². The van der Waals surface area contributed by atoms with Crippen LogP contribution in [-0.2, 0) is 10.9 Å². The number of morpholine rings is 1. The lowest BCUT2D eigenvalue weighted by Gasteiger charge is -2.31. The summed E-state index contributed by atoms with van der Waals surface area (Å²) in [6, 6.07) is 8.06. The van der Waals surface area contributed by atoms with E-state index in [0.717, 1.165) is 12.3 Å². The molecule has 29 heavy (non-hydrogen) atoms. The highest BCUT2D eigenvalue weighted by Crippen LogP contribution is 2.39. The van der Waals surface area contributed by atoms with E-state index in [9.17, 15) is 22.7 Å². The third-order valence-corrected chi connectivity index (χ3v) is 4.77. The summed E-state index contributed by atoms with van der Waals surface area (Å²) in [4.78, 5) is 8.29. The van der Waals surface area contributed by atoms with Gasteiger partial charge in [0.15, 0.2) is 5.88 Å². The number of H-pyrrole nitrogens is 1. The van der Waals surface area contributed by atoms with Crippen molar-refractivity contribution in [3.8, 4) is 5.88 Å². The SMILES string of the molecule is Oc1[nH]c2cccc(F)c2c1C=Nc1ccc(N2CCOCC2)c(C(F)(F)F)c1. The largest absolute Gasteiger partial charge is 0.494 e. The van der Waals surface area contributed by atoms with Gasteiger partial charge in [-0.25, -0.2) is 4.39 Å². The number of alkyl halides is 3. The Labute approximate surface area is 163 Å². The summed E-state index contributed by atoms with van der Waals surface area (Å²) in [6.07, 6.45) is -3.41. The topological polar surface area (TPSA) is 60.8 Å². The molecule has 5 nitrogen and oxygen atoms in total. The Morgan fingerprint density at radius 3 is 2.62 bits per heavy atom. The maximum Gasteiger partial charge on any atom is 0.418 e. The summed E-state index contributed by atoms with van der Waals surface area (Å²) in [5.41, 5.74) is -0.255. The molecule has 2 N–H and O–H groups in total. The van der Waals surface area contributed by atoms with Crippen LogP contribution in [0.4, 0.5) is 28.9 Å².